The Labute approximate surface area is 107 Å². The Morgan fingerprint density at radius 3 is 2.39 bits per heavy atom. The van der Waals surface area contributed by atoms with Gasteiger partial charge in [0.05, 0.1) is 0 Å². The van der Waals surface area contributed by atoms with Gasteiger partial charge in [0.2, 0.25) is 11.8 Å². The largest absolute Gasteiger partial charge is 0.352 e. The maximum atomic E-state index is 12.0. The number of hydrogen-bond donors (Lipinski definition) is 2. The molecule has 0 bridgehead atoms. The van der Waals surface area contributed by atoms with Crippen LogP contribution in [0.2, 0.25) is 0 Å². The van der Waals surface area contributed by atoms with E-state index in [0.717, 1.165) is 0 Å². The maximum absolute atomic E-state index is 12.0. The first kappa shape index (κ1) is 14.0. The Morgan fingerprint density at radius 2 is 1.83 bits per heavy atom. The summed E-state index contributed by atoms with van der Waals surface area (Å²) in [6, 6.07) is 9.05. The fraction of sp³-hybridized carbons (Fsp3) is 0.286. The molecule has 0 unspecified atom stereocenters. The molecular formula is C14H18N2O2. The van der Waals surface area contributed by atoms with Crippen molar-refractivity contribution in [2.24, 2.45) is 5.41 Å². The van der Waals surface area contributed by atoms with Gasteiger partial charge in [0, 0.05) is 12.2 Å². The highest BCUT2D eigenvalue weighted by molar-refractivity contribution is 6.09. The van der Waals surface area contributed by atoms with Crippen molar-refractivity contribution in [3.05, 3.63) is 43.0 Å². The van der Waals surface area contributed by atoms with E-state index in [0.29, 0.717) is 12.2 Å². The molecule has 0 atom stereocenters. The van der Waals surface area contributed by atoms with Gasteiger partial charge in [-0.3, -0.25) is 9.59 Å². The number of rotatable bonds is 5. The Balaban J connectivity index is 2.70. The average Bonchev–Trinajstić information content (AvgIpc) is 2.36. The fourth-order valence-electron chi connectivity index (χ4n) is 1.30. The van der Waals surface area contributed by atoms with Gasteiger partial charge in [0.1, 0.15) is 5.41 Å². The lowest BCUT2D eigenvalue weighted by Crippen LogP contribution is -2.45. The number of nitrogens with one attached hydrogen (secondary N) is 2. The zero-order chi connectivity index (χ0) is 13.6. The molecule has 0 saturated carbocycles. The van der Waals surface area contributed by atoms with Crippen LogP contribution in [0.5, 0.6) is 0 Å². The molecule has 96 valence electrons. The normalized spacial score (nSPS) is 10.6. The lowest BCUT2D eigenvalue weighted by atomic mass is 9.91. The van der Waals surface area contributed by atoms with Gasteiger partial charge in [-0.25, -0.2) is 0 Å². The second-order valence-corrected chi connectivity index (χ2v) is 4.44. The van der Waals surface area contributed by atoms with Crippen molar-refractivity contribution in [2.45, 2.75) is 13.8 Å². The van der Waals surface area contributed by atoms with E-state index in [9.17, 15) is 9.59 Å². The topological polar surface area (TPSA) is 58.2 Å². The number of anilines is 1. The van der Waals surface area contributed by atoms with E-state index in [-0.39, 0.29) is 11.8 Å². The van der Waals surface area contributed by atoms with Gasteiger partial charge in [0.15, 0.2) is 0 Å². The van der Waals surface area contributed by atoms with Crippen LogP contribution in [0.25, 0.3) is 0 Å². The van der Waals surface area contributed by atoms with Crippen LogP contribution >= 0.6 is 0 Å². The molecule has 4 nitrogen and oxygen atoms in total. The van der Waals surface area contributed by atoms with E-state index in [1.54, 1.807) is 32.1 Å². The molecular weight excluding hydrogens is 228 g/mol. The number of hydrogen-bond acceptors (Lipinski definition) is 2. The van der Waals surface area contributed by atoms with E-state index in [2.05, 4.69) is 17.2 Å². The summed E-state index contributed by atoms with van der Waals surface area (Å²) in [5.74, 6) is -0.661. The molecule has 0 spiro atoms. The zero-order valence-electron chi connectivity index (χ0n) is 10.7. The van der Waals surface area contributed by atoms with Crippen molar-refractivity contribution in [3.8, 4) is 0 Å². The lowest BCUT2D eigenvalue weighted by molar-refractivity contribution is -0.138. The van der Waals surface area contributed by atoms with Crippen LogP contribution in [-0.4, -0.2) is 18.4 Å². The Bertz CT molecular complexity index is 438. The summed E-state index contributed by atoms with van der Waals surface area (Å²) in [4.78, 5) is 23.9. The van der Waals surface area contributed by atoms with E-state index < -0.39 is 5.41 Å². The average molecular weight is 246 g/mol. The molecule has 18 heavy (non-hydrogen) atoms. The Kier molecular flexibility index (Phi) is 4.66. The minimum Gasteiger partial charge on any atom is -0.352 e. The van der Waals surface area contributed by atoms with Gasteiger partial charge in [-0.05, 0) is 26.0 Å². The van der Waals surface area contributed by atoms with E-state index in [1.165, 1.54) is 0 Å². The summed E-state index contributed by atoms with van der Waals surface area (Å²) in [5, 5.41) is 5.34. The minimum atomic E-state index is -1.13. The van der Waals surface area contributed by atoms with Crippen molar-refractivity contribution in [3.63, 3.8) is 0 Å². The zero-order valence-corrected chi connectivity index (χ0v) is 10.7. The lowest BCUT2D eigenvalue weighted by Gasteiger charge is -2.22. The Hall–Kier alpha value is -2.10. The molecule has 0 fully saturated rings. The summed E-state index contributed by atoms with van der Waals surface area (Å²) in [6.07, 6.45) is 1.57. The van der Waals surface area contributed by atoms with Gasteiger partial charge in [-0.1, -0.05) is 24.3 Å². The van der Waals surface area contributed by atoms with Gasteiger partial charge >= 0.3 is 0 Å². The highest BCUT2D eigenvalue weighted by Crippen LogP contribution is 2.18. The molecule has 0 aromatic heterocycles. The predicted octanol–water partition coefficient (Wildman–Crippen LogP) is 1.95. The highest BCUT2D eigenvalue weighted by atomic mass is 16.2. The predicted molar refractivity (Wildman–Crippen MR) is 72.1 cm³/mol. The quantitative estimate of drug-likeness (QED) is 0.616. The van der Waals surface area contributed by atoms with Crippen LogP contribution in [0.3, 0.4) is 0 Å². The minimum absolute atomic E-state index is 0.323. The van der Waals surface area contributed by atoms with Gasteiger partial charge in [-0.15, -0.1) is 6.58 Å². The first-order valence-electron chi connectivity index (χ1n) is 5.74. The number of benzene rings is 1. The third kappa shape index (κ3) is 3.45. The molecule has 1 rings (SSSR count). The number of amides is 2. The first-order valence-corrected chi connectivity index (χ1v) is 5.74. The third-order valence-electron chi connectivity index (χ3n) is 2.57. The SMILES string of the molecule is C=CCNC(=O)C(C)(C)C(=O)Nc1ccccc1. The maximum Gasteiger partial charge on any atom is 0.239 e. The molecule has 0 heterocycles. The van der Waals surface area contributed by atoms with Crippen molar-refractivity contribution in [1.82, 2.24) is 5.32 Å². The van der Waals surface area contributed by atoms with Crippen molar-refractivity contribution >= 4 is 17.5 Å². The molecule has 0 saturated heterocycles. The first-order chi connectivity index (χ1) is 8.48. The van der Waals surface area contributed by atoms with Gasteiger partial charge < -0.3 is 10.6 Å². The van der Waals surface area contributed by atoms with E-state index >= 15 is 0 Å². The number of carbonyl (C=O) groups is 2. The van der Waals surface area contributed by atoms with Crippen LogP contribution in [0.4, 0.5) is 5.69 Å². The smallest absolute Gasteiger partial charge is 0.239 e. The third-order valence-corrected chi connectivity index (χ3v) is 2.57. The van der Waals surface area contributed by atoms with Gasteiger partial charge in [-0.2, -0.15) is 0 Å². The monoisotopic (exact) mass is 246 g/mol. The summed E-state index contributed by atoms with van der Waals surface area (Å²) in [6.45, 7) is 7.03. The Morgan fingerprint density at radius 1 is 1.22 bits per heavy atom. The van der Waals surface area contributed by atoms with Crippen LogP contribution in [0.15, 0.2) is 43.0 Å². The van der Waals surface area contributed by atoms with Crippen LogP contribution < -0.4 is 10.6 Å². The standard InChI is InChI=1S/C14H18N2O2/c1-4-10-15-12(17)14(2,3)13(18)16-11-8-6-5-7-9-11/h4-9H,1,10H2,2-3H3,(H,15,17)(H,16,18). The summed E-state index contributed by atoms with van der Waals surface area (Å²) in [5.41, 5.74) is -0.453. The molecule has 2 N–H and O–H groups in total. The number of para-hydroxylation sites is 1. The van der Waals surface area contributed by atoms with Crippen LogP contribution in [0.1, 0.15) is 13.8 Å². The molecule has 0 aliphatic carbocycles. The molecule has 2 amide bonds. The van der Waals surface area contributed by atoms with E-state index in [4.69, 9.17) is 0 Å². The second-order valence-electron chi connectivity index (χ2n) is 4.44. The highest BCUT2D eigenvalue weighted by Gasteiger charge is 2.35. The van der Waals surface area contributed by atoms with Crippen LogP contribution in [-0.2, 0) is 9.59 Å². The summed E-state index contributed by atoms with van der Waals surface area (Å²) < 4.78 is 0. The van der Waals surface area contributed by atoms with Crippen molar-refractivity contribution in [2.75, 3.05) is 11.9 Å². The molecule has 1 aromatic rings. The van der Waals surface area contributed by atoms with Crippen molar-refractivity contribution < 1.29 is 9.59 Å². The van der Waals surface area contributed by atoms with Gasteiger partial charge in [0.25, 0.3) is 0 Å². The second kappa shape index (κ2) is 6.00. The van der Waals surface area contributed by atoms with Crippen molar-refractivity contribution in [1.29, 1.82) is 0 Å². The molecule has 0 aliphatic heterocycles. The van der Waals surface area contributed by atoms with E-state index in [1.807, 2.05) is 18.2 Å². The van der Waals surface area contributed by atoms with Crippen LogP contribution in [0, 0.1) is 5.41 Å². The molecule has 0 radical (unpaired) electrons. The summed E-state index contributed by atoms with van der Waals surface area (Å²) in [7, 11) is 0. The fourth-order valence-corrected chi connectivity index (χ4v) is 1.30. The summed E-state index contributed by atoms with van der Waals surface area (Å²) >= 11 is 0. The number of carbonyl (C=O) groups excluding carboxylic acids is 2. The molecule has 4 heteroatoms. The molecule has 1 aromatic carbocycles. The molecule has 0 aliphatic rings.